The van der Waals surface area contributed by atoms with Gasteiger partial charge < -0.3 is 4.98 Å². The molecule has 0 aromatic carbocycles. The second kappa shape index (κ2) is 6.25. The Bertz CT molecular complexity index is 1210. The number of aromatic amines is 2. The molecule has 0 saturated heterocycles. The first-order valence-corrected chi connectivity index (χ1v) is 9.38. The highest BCUT2D eigenvalue weighted by atomic mass is 19.3. The van der Waals surface area contributed by atoms with E-state index in [0.29, 0.717) is 30.6 Å². The Morgan fingerprint density at radius 1 is 1.11 bits per heavy atom. The van der Waals surface area contributed by atoms with E-state index < -0.39 is 5.92 Å². The zero-order chi connectivity index (χ0) is 19.3. The normalized spacial score (nSPS) is 17.5. The van der Waals surface area contributed by atoms with Crippen molar-refractivity contribution in [3.63, 3.8) is 0 Å². The average Bonchev–Trinajstić information content (AvgIpc) is 3.26. The summed E-state index contributed by atoms with van der Waals surface area (Å²) in [6.07, 6.45) is 5.93. The minimum absolute atomic E-state index is 0.0675. The lowest BCUT2D eigenvalue weighted by Crippen LogP contribution is -2.29. The van der Waals surface area contributed by atoms with E-state index in [1.165, 1.54) is 0 Å². The van der Waals surface area contributed by atoms with Gasteiger partial charge in [0.1, 0.15) is 5.65 Å². The van der Waals surface area contributed by atoms with Crippen LogP contribution in [0.2, 0.25) is 0 Å². The fraction of sp³-hybridized carbons (Fsp3) is 0.350. The molecule has 0 spiro atoms. The van der Waals surface area contributed by atoms with Crippen LogP contribution in [0.4, 0.5) is 8.78 Å². The van der Waals surface area contributed by atoms with Gasteiger partial charge in [0.2, 0.25) is 5.92 Å². The second-order valence-corrected chi connectivity index (χ2v) is 7.57. The van der Waals surface area contributed by atoms with Crippen molar-refractivity contribution >= 4 is 22.2 Å². The van der Waals surface area contributed by atoms with Gasteiger partial charge in [-0.15, -0.1) is 0 Å². The molecule has 0 aliphatic heterocycles. The highest BCUT2D eigenvalue weighted by Gasteiger charge is 2.35. The SMILES string of the molecule is O=c1[nH]c2ncc(-c3cnc4[nH]ccc4c3)cc2n1CC1CCC(F)(F)CC1. The Morgan fingerprint density at radius 3 is 2.61 bits per heavy atom. The van der Waals surface area contributed by atoms with Crippen molar-refractivity contribution in [1.82, 2.24) is 24.5 Å². The summed E-state index contributed by atoms with van der Waals surface area (Å²) >= 11 is 0. The van der Waals surface area contributed by atoms with Gasteiger partial charge in [-0.05, 0) is 37.0 Å². The minimum Gasteiger partial charge on any atom is -0.346 e. The first-order chi connectivity index (χ1) is 13.5. The standard InChI is InChI=1S/C20H19F2N5O/c21-20(22)4-1-12(2-5-20)11-27-16-8-15(10-25-18(16)26-19(27)28)14-7-13-3-6-23-17(13)24-9-14/h3,6-10,12H,1-2,4-5,11H2,(H,23,24)(H,25,26,28). The lowest BCUT2D eigenvalue weighted by molar-refractivity contribution is -0.0473. The van der Waals surface area contributed by atoms with E-state index in [0.717, 1.165) is 22.2 Å². The molecule has 4 heterocycles. The number of alkyl halides is 2. The van der Waals surface area contributed by atoms with Crippen molar-refractivity contribution < 1.29 is 8.78 Å². The zero-order valence-electron chi connectivity index (χ0n) is 15.1. The van der Waals surface area contributed by atoms with Gasteiger partial charge in [-0.25, -0.2) is 23.5 Å². The molecule has 1 aliphatic carbocycles. The second-order valence-electron chi connectivity index (χ2n) is 7.57. The fourth-order valence-electron chi connectivity index (χ4n) is 4.01. The Kier molecular flexibility index (Phi) is 3.82. The van der Waals surface area contributed by atoms with Crippen LogP contribution in [0.25, 0.3) is 33.3 Å². The van der Waals surface area contributed by atoms with Crippen molar-refractivity contribution in [2.45, 2.75) is 38.2 Å². The molecule has 0 atom stereocenters. The highest BCUT2D eigenvalue weighted by molar-refractivity contribution is 5.84. The minimum atomic E-state index is -2.57. The van der Waals surface area contributed by atoms with Gasteiger partial charge in [0.15, 0.2) is 5.65 Å². The van der Waals surface area contributed by atoms with Crippen LogP contribution in [0, 0.1) is 5.92 Å². The van der Waals surface area contributed by atoms with Crippen molar-refractivity contribution in [1.29, 1.82) is 0 Å². The molecule has 144 valence electrons. The van der Waals surface area contributed by atoms with Gasteiger partial charge in [0, 0.05) is 54.5 Å². The maximum atomic E-state index is 13.4. The van der Waals surface area contributed by atoms with Crippen LogP contribution in [-0.4, -0.2) is 30.4 Å². The smallest absolute Gasteiger partial charge is 0.327 e. The van der Waals surface area contributed by atoms with E-state index in [9.17, 15) is 13.6 Å². The number of fused-ring (bicyclic) bond motifs is 2. The Hall–Kier alpha value is -3.03. The summed E-state index contributed by atoms with van der Waals surface area (Å²) in [5, 5.41) is 0.993. The first kappa shape index (κ1) is 17.1. The maximum absolute atomic E-state index is 13.4. The molecule has 1 aliphatic rings. The molecule has 4 aromatic rings. The number of H-pyrrole nitrogens is 2. The van der Waals surface area contributed by atoms with Crippen LogP contribution in [-0.2, 0) is 6.54 Å². The number of nitrogens with one attached hydrogen (secondary N) is 2. The quantitative estimate of drug-likeness (QED) is 0.559. The molecule has 0 amide bonds. The van der Waals surface area contributed by atoms with E-state index in [1.807, 2.05) is 24.4 Å². The molecular formula is C20H19F2N5O. The molecule has 0 unspecified atom stereocenters. The summed E-state index contributed by atoms with van der Waals surface area (Å²) in [5.74, 6) is -2.50. The zero-order valence-corrected chi connectivity index (χ0v) is 15.1. The predicted octanol–water partition coefficient (Wildman–Crippen LogP) is 4.09. The van der Waals surface area contributed by atoms with Crippen LogP contribution < -0.4 is 5.69 Å². The van der Waals surface area contributed by atoms with Crippen LogP contribution in [0.5, 0.6) is 0 Å². The van der Waals surface area contributed by atoms with Gasteiger partial charge in [0.25, 0.3) is 0 Å². The van der Waals surface area contributed by atoms with Gasteiger partial charge in [0.05, 0.1) is 5.52 Å². The van der Waals surface area contributed by atoms with Crippen LogP contribution in [0.3, 0.4) is 0 Å². The summed E-state index contributed by atoms with van der Waals surface area (Å²) in [6.45, 7) is 0.426. The molecule has 8 heteroatoms. The molecule has 2 N–H and O–H groups in total. The predicted molar refractivity (Wildman–Crippen MR) is 102 cm³/mol. The summed E-state index contributed by atoms with van der Waals surface area (Å²) in [4.78, 5) is 27.0. The molecule has 28 heavy (non-hydrogen) atoms. The molecule has 5 rings (SSSR count). The van der Waals surface area contributed by atoms with Gasteiger partial charge in [-0.3, -0.25) is 9.55 Å². The lowest BCUT2D eigenvalue weighted by atomic mass is 9.87. The number of aromatic nitrogens is 5. The van der Waals surface area contributed by atoms with Crippen molar-refractivity contribution in [3.05, 3.63) is 47.3 Å². The average molecular weight is 383 g/mol. The van der Waals surface area contributed by atoms with Crippen LogP contribution >= 0.6 is 0 Å². The molecule has 6 nitrogen and oxygen atoms in total. The number of nitrogens with zero attached hydrogens (tertiary/aromatic N) is 3. The van der Waals surface area contributed by atoms with E-state index in [2.05, 4.69) is 19.9 Å². The number of pyridine rings is 2. The number of hydrogen-bond donors (Lipinski definition) is 2. The third-order valence-corrected chi connectivity index (χ3v) is 5.64. The summed E-state index contributed by atoms with van der Waals surface area (Å²) < 4.78 is 28.5. The number of halogens is 2. The third-order valence-electron chi connectivity index (χ3n) is 5.64. The molecule has 4 aromatic heterocycles. The van der Waals surface area contributed by atoms with Crippen LogP contribution in [0.15, 0.2) is 41.6 Å². The highest BCUT2D eigenvalue weighted by Crippen LogP contribution is 2.37. The topological polar surface area (TPSA) is 79.4 Å². The van der Waals surface area contributed by atoms with Crippen LogP contribution in [0.1, 0.15) is 25.7 Å². The lowest BCUT2D eigenvalue weighted by Gasteiger charge is -2.28. The number of hydrogen-bond acceptors (Lipinski definition) is 3. The fourth-order valence-corrected chi connectivity index (χ4v) is 4.01. The first-order valence-electron chi connectivity index (χ1n) is 9.38. The van der Waals surface area contributed by atoms with E-state index in [4.69, 9.17) is 0 Å². The molecule has 0 bridgehead atoms. The van der Waals surface area contributed by atoms with Crippen molar-refractivity contribution in [3.8, 4) is 11.1 Å². The van der Waals surface area contributed by atoms with E-state index in [-0.39, 0.29) is 24.4 Å². The van der Waals surface area contributed by atoms with Crippen molar-refractivity contribution in [2.75, 3.05) is 0 Å². The largest absolute Gasteiger partial charge is 0.346 e. The Labute approximate surface area is 158 Å². The molecule has 1 fully saturated rings. The third kappa shape index (κ3) is 2.98. The number of rotatable bonds is 3. The number of imidazole rings is 1. The van der Waals surface area contributed by atoms with Crippen molar-refractivity contribution in [2.24, 2.45) is 5.92 Å². The molecule has 0 radical (unpaired) electrons. The Morgan fingerprint density at radius 2 is 1.82 bits per heavy atom. The van der Waals surface area contributed by atoms with E-state index in [1.54, 1.807) is 17.0 Å². The maximum Gasteiger partial charge on any atom is 0.327 e. The van der Waals surface area contributed by atoms with Gasteiger partial charge >= 0.3 is 5.69 Å². The van der Waals surface area contributed by atoms with Gasteiger partial charge in [-0.2, -0.15) is 0 Å². The monoisotopic (exact) mass is 383 g/mol. The summed E-state index contributed by atoms with van der Waals surface area (Å²) in [6, 6.07) is 5.87. The molecule has 1 saturated carbocycles. The van der Waals surface area contributed by atoms with Gasteiger partial charge in [-0.1, -0.05) is 0 Å². The Balaban J connectivity index is 1.50. The molecular weight excluding hydrogens is 364 g/mol. The van der Waals surface area contributed by atoms with E-state index >= 15 is 0 Å². The summed E-state index contributed by atoms with van der Waals surface area (Å²) in [7, 11) is 0. The summed E-state index contributed by atoms with van der Waals surface area (Å²) in [5.41, 5.74) is 3.51.